The summed E-state index contributed by atoms with van der Waals surface area (Å²) in [5.74, 6) is 2.10. The summed E-state index contributed by atoms with van der Waals surface area (Å²) in [4.78, 5) is 0. The SMILES string of the molecule is OC/C=C1/COc2cc3ccccc3cc2O1. The van der Waals surface area contributed by atoms with Crippen LogP contribution in [0.2, 0.25) is 0 Å². The zero-order valence-corrected chi connectivity index (χ0v) is 9.22. The van der Waals surface area contributed by atoms with Crippen LogP contribution in [0.3, 0.4) is 0 Å². The van der Waals surface area contributed by atoms with E-state index in [1.54, 1.807) is 6.08 Å². The van der Waals surface area contributed by atoms with Gasteiger partial charge in [0, 0.05) is 0 Å². The summed E-state index contributed by atoms with van der Waals surface area (Å²) in [5.41, 5.74) is 0. The number of benzene rings is 2. The molecule has 0 aliphatic carbocycles. The lowest BCUT2D eigenvalue weighted by atomic mass is 10.1. The molecule has 0 unspecified atom stereocenters. The molecule has 0 aromatic heterocycles. The minimum Gasteiger partial charge on any atom is -0.482 e. The Kier molecular flexibility index (Phi) is 2.46. The van der Waals surface area contributed by atoms with Crippen LogP contribution in [0.4, 0.5) is 0 Å². The molecule has 1 N–H and O–H groups in total. The van der Waals surface area contributed by atoms with E-state index in [0.717, 1.165) is 16.5 Å². The van der Waals surface area contributed by atoms with Gasteiger partial charge in [0.2, 0.25) is 0 Å². The Morgan fingerprint density at radius 3 is 2.53 bits per heavy atom. The molecule has 1 aliphatic rings. The number of aliphatic hydroxyl groups excluding tert-OH is 1. The average molecular weight is 228 g/mol. The number of hydrogen-bond acceptors (Lipinski definition) is 3. The van der Waals surface area contributed by atoms with Gasteiger partial charge in [-0.2, -0.15) is 0 Å². The van der Waals surface area contributed by atoms with Crippen molar-refractivity contribution < 1.29 is 14.6 Å². The molecule has 0 atom stereocenters. The highest BCUT2D eigenvalue weighted by atomic mass is 16.6. The number of rotatable bonds is 1. The second-order valence-corrected chi connectivity index (χ2v) is 3.89. The molecule has 1 heterocycles. The number of hydrogen-bond donors (Lipinski definition) is 1. The van der Waals surface area contributed by atoms with E-state index in [2.05, 4.69) is 0 Å². The zero-order valence-electron chi connectivity index (χ0n) is 9.22. The lowest BCUT2D eigenvalue weighted by molar-refractivity contribution is 0.227. The summed E-state index contributed by atoms with van der Waals surface area (Å²) < 4.78 is 11.2. The standard InChI is InChI=1S/C14H12O3/c15-6-5-12-9-16-13-7-10-3-1-2-4-11(10)8-14(13)17-12/h1-5,7-8,15H,6,9H2/b12-5-. The maximum atomic E-state index is 8.83. The third-order valence-electron chi connectivity index (χ3n) is 2.74. The van der Waals surface area contributed by atoms with Gasteiger partial charge < -0.3 is 14.6 Å². The molecule has 3 heteroatoms. The van der Waals surface area contributed by atoms with Crippen LogP contribution in [0.25, 0.3) is 10.8 Å². The Balaban J connectivity index is 2.08. The van der Waals surface area contributed by atoms with E-state index >= 15 is 0 Å². The van der Waals surface area contributed by atoms with Crippen LogP contribution in [0.1, 0.15) is 0 Å². The second-order valence-electron chi connectivity index (χ2n) is 3.89. The Morgan fingerprint density at radius 1 is 1.12 bits per heavy atom. The van der Waals surface area contributed by atoms with Gasteiger partial charge in [0.05, 0.1) is 6.61 Å². The largest absolute Gasteiger partial charge is 0.482 e. The van der Waals surface area contributed by atoms with Crippen LogP contribution in [0.15, 0.2) is 48.2 Å². The first-order chi connectivity index (χ1) is 8.36. The van der Waals surface area contributed by atoms with Gasteiger partial charge in [-0.05, 0) is 29.0 Å². The lowest BCUT2D eigenvalue weighted by Gasteiger charge is -2.21. The third kappa shape index (κ3) is 1.85. The van der Waals surface area contributed by atoms with Crippen molar-refractivity contribution >= 4 is 10.8 Å². The fourth-order valence-electron chi connectivity index (χ4n) is 1.91. The topological polar surface area (TPSA) is 38.7 Å². The van der Waals surface area contributed by atoms with Crippen molar-refractivity contribution in [3.05, 3.63) is 48.2 Å². The van der Waals surface area contributed by atoms with Gasteiger partial charge in [0.1, 0.15) is 12.4 Å². The maximum absolute atomic E-state index is 8.83. The first kappa shape index (κ1) is 10.2. The summed E-state index contributed by atoms with van der Waals surface area (Å²) in [5, 5.41) is 11.1. The molecule has 0 radical (unpaired) electrons. The molecule has 0 bridgehead atoms. The number of aliphatic hydroxyl groups is 1. The van der Waals surface area contributed by atoms with Crippen LogP contribution >= 0.6 is 0 Å². The zero-order chi connectivity index (χ0) is 11.7. The van der Waals surface area contributed by atoms with Crippen molar-refractivity contribution in [2.45, 2.75) is 0 Å². The van der Waals surface area contributed by atoms with Crippen LogP contribution in [0, 0.1) is 0 Å². The fourth-order valence-corrected chi connectivity index (χ4v) is 1.91. The molecule has 3 rings (SSSR count). The van der Waals surface area contributed by atoms with Crippen molar-refractivity contribution in [2.75, 3.05) is 13.2 Å². The van der Waals surface area contributed by atoms with Gasteiger partial charge in [-0.15, -0.1) is 0 Å². The second kappa shape index (κ2) is 4.11. The summed E-state index contributed by atoms with van der Waals surface area (Å²) in [6.45, 7) is 0.327. The molecule has 3 nitrogen and oxygen atoms in total. The van der Waals surface area contributed by atoms with E-state index in [0.29, 0.717) is 18.1 Å². The molecular weight excluding hydrogens is 216 g/mol. The van der Waals surface area contributed by atoms with Crippen molar-refractivity contribution in [3.8, 4) is 11.5 Å². The third-order valence-corrected chi connectivity index (χ3v) is 2.74. The molecule has 1 aliphatic heterocycles. The van der Waals surface area contributed by atoms with Gasteiger partial charge in [0.15, 0.2) is 11.5 Å². The quantitative estimate of drug-likeness (QED) is 0.815. The van der Waals surface area contributed by atoms with Crippen LogP contribution in [-0.2, 0) is 0 Å². The van der Waals surface area contributed by atoms with Crippen LogP contribution in [-0.4, -0.2) is 18.3 Å². The van der Waals surface area contributed by atoms with Crippen molar-refractivity contribution in [2.24, 2.45) is 0 Å². The van der Waals surface area contributed by atoms with Gasteiger partial charge >= 0.3 is 0 Å². The Morgan fingerprint density at radius 2 is 1.82 bits per heavy atom. The number of ether oxygens (including phenoxy) is 2. The van der Waals surface area contributed by atoms with Crippen molar-refractivity contribution in [3.63, 3.8) is 0 Å². The van der Waals surface area contributed by atoms with E-state index in [9.17, 15) is 0 Å². The molecule has 0 spiro atoms. The predicted octanol–water partition coefficient (Wildman–Crippen LogP) is 2.49. The van der Waals surface area contributed by atoms with Gasteiger partial charge in [-0.1, -0.05) is 24.3 Å². The summed E-state index contributed by atoms with van der Waals surface area (Å²) in [7, 11) is 0. The highest BCUT2D eigenvalue weighted by Crippen LogP contribution is 2.36. The molecule has 17 heavy (non-hydrogen) atoms. The molecule has 86 valence electrons. The lowest BCUT2D eigenvalue weighted by Crippen LogP contribution is -2.14. The summed E-state index contributed by atoms with van der Waals surface area (Å²) >= 11 is 0. The van der Waals surface area contributed by atoms with Gasteiger partial charge in [0.25, 0.3) is 0 Å². The van der Waals surface area contributed by atoms with Gasteiger partial charge in [-0.3, -0.25) is 0 Å². The first-order valence-electron chi connectivity index (χ1n) is 5.50. The van der Waals surface area contributed by atoms with Gasteiger partial charge in [-0.25, -0.2) is 0 Å². The molecule has 0 saturated heterocycles. The predicted molar refractivity (Wildman–Crippen MR) is 65.2 cm³/mol. The smallest absolute Gasteiger partial charge is 0.169 e. The van der Waals surface area contributed by atoms with E-state index in [1.807, 2.05) is 36.4 Å². The normalized spacial score (nSPS) is 16.4. The minimum absolute atomic E-state index is 0.0401. The van der Waals surface area contributed by atoms with E-state index in [4.69, 9.17) is 14.6 Å². The van der Waals surface area contributed by atoms with Crippen LogP contribution < -0.4 is 9.47 Å². The summed E-state index contributed by atoms with van der Waals surface area (Å²) in [6.07, 6.45) is 1.61. The Hall–Kier alpha value is -2.00. The molecule has 2 aromatic rings. The Bertz CT molecular complexity index is 587. The van der Waals surface area contributed by atoms with E-state index < -0.39 is 0 Å². The minimum atomic E-state index is -0.0401. The molecule has 0 fully saturated rings. The molecule has 0 saturated carbocycles. The highest BCUT2D eigenvalue weighted by Gasteiger charge is 2.16. The van der Waals surface area contributed by atoms with Crippen molar-refractivity contribution in [1.82, 2.24) is 0 Å². The van der Waals surface area contributed by atoms with Crippen molar-refractivity contribution in [1.29, 1.82) is 0 Å². The Labute approximate surface area is 98.9 Å². The number of fused-ring (bicyclic) bond motifs is 2. The van der Waals surface area contributed by atoms with E-state index in [-0.39, 0.29) is 6.61 Å². The monoisotopic (exact) mass is 228 g/mol. The summed E-state index contributed by atoms with van der Waals surface area (Å²) in [6, 6.07) is 12.0. The molecular formula is C14H12O3. The molecule has 2 aromatic carbocycles. The fraction of sp³-hybridized carbons (Fsp3) is 0.143. The highest BCUT2D eigenvalue weighted by molar-refractivity contribution is 5.86. The maximum Gasteiger partial charge on any atom is 0.169 e. The first-order valence-corrected chi connectivity index (χ1v) is 5.50. The molecule has 0 amide bonds. The van der Waals surface area contributed by atoms with Crippen LogP contribution in [0.5, 0.6) is 11.5 Å². The van der Waals surface area contributed by atoms with E-state index in [1.165, 1.54) is 0 Å². The average Bonchev–Trinajstić information content (AvgIpc) is 2.36.